The number of benzene rings is 1. The molecule has 1 heterocycles. The molecule has 0 saturated heterocycles. The van der Waals surface area contributed by atoms with Gasteiger partial charge in [0.05, 0.1) is 0 Å². The number of fused-ring (bicyclic) bond motifs is 1. The Balaban J connectivity index is 2.52. The highest BCUT2D eigenvalue weighted by molar-refractivity contribution is 7.99. The van der Waals surface area contributed by atoms with Crippen molar-refractivity contribution in [2.24, 2.45) is 0 Å². The highest BCUT2D eigenvalue weighted by atomic mass is 32.2. The fourth-order valence-corrected chi connectivity index (χ4v) is 2.44. The van der Waals surface area contributed by atoms with Crippen molar-refractivity contribution in [3.05, 3.63) is 29.3 Å². The van der Waals surface area contributed by atoms with Gasteiger partial charge in [0.1, 0.15) is 0 Å². The Morgan fingerprint density at radius 3 is 3.20 bits per heavy atom. The van der Waals surface area contributed by atoms with Gasteiger partial charge in [0.15, 0.2) is 0 Å². The van der Waals surface area contributed by atoms with E-state index in [4.69, 9.17) is 0 Å². The minimum absolute atomic E-state index is 1.26. The van der Waals surface area contributed by atoms with Gasteiger partial charge in [-0.05, 0) is 25.0 Å². The number of hydrogen-bond donors (Lipinski definition) is 0. The highest BCUT2D eigenvalue weighted by Crippen LogP contribution is 2.31. The summed E-state index contributed by atoms with van der Waals surface area (Å²) in [5, 5.41) is 0. The van der Waals surface area contributed by atoms with Gasteiger partial charge in [-0.15, -0.1) is 11.8 Å². The molecule has 0 unspecified atom stereocenters. The van der Waals surface area contributed by atoms with Gasteiger partial charge >= 0.3 is 0 Å². The minimum Gasteiger partial charge on any atom is -0.126 e. The molecule has 0 nitrogen and oxygen atoms in total. The zero-order chi connectivity index (χ0) is 6.97. The predicted molar refractivity (Wildman–Crippen MR) is 45.6 cm³/mol. The van der Waals surface area contributed by atoms with Crippen LogP contribution in [0.25, 0.3) is 0 Å². The monoisotopic (exact) mass is 150 g/mol. The Hall–Kier alpha value is -0.430. The maximum atomic E-state index is 2.28. The SMILES string of the molecule is Cc1ccc2c(c1)SCC2. The summed E-state index contributed by atoms with van der Waals surface area (Å²) in [5.41, 5.74) is 2.92. The van der Waals surface area contributed by atoms with Crippen LogP contribution >= 0.6 is 11.8 Å². The highest BCUT2D eigenvalue weighted by Gasteiger charge is 2.09. The van der Waals surface area contributed by atoms with Crippen LogP contribution in [-0.2, 0) is 6.42 Å². The third-order valence-corrected chi connectivity index (χ3v) is 2.95. The fourth-order valence-electron chi connectivity index (χ4n) is 1.27. The van der Waals surface area contributed by atoms with Gasteiger partial charge in [-0.2, -0.15) is 0 Å². The van der Waals surface area contributed by atoms with E-state index in [1.165, 1.54) is 28.2 Å². The molecule has 0 saturated carbocycles. The molecule has 0 amide bonds. The summed E-state index contributed by atoms with van der Waals surface area (Å²) in [5.74, 6) is 1.28. The predicted octanol–water partition coefficient (Wildman–Crippen LogP) is 2.64. The number of hydrogen-bond acceptors (Lipinski definition) is 1. The topological polar surface area (TPSA) is 0 Å². The first-order valence-electron chi connectivity index (χ1n) is 3.58. The molecule has 0 fully saturated rings. The second-order valence-electron chi connectivity index (χ2n) is 2.71. The van der Waals surface area contributed by atoms with Crippen LogP contribution in [0.3, 0.4) is 0 Å². The largest absolute Gasteiger partial charge is 0.126 e. The third kappa shape index (κ3) is 0.948. The van der Waals surface area contributed by atoms with Crippen molar-refractivity contribution in [3.8, 4) is 0 Å². The molecular formula is C9H10S. The Morgan fingerprint density at radius 1 is 1.40 bits per heavy atom. The first-order valence-corrected chi connectivity index (χ1v) is 4.57. The standard InChI is InChI=1S/C9H10S/c1-7-2-3-8-4-5-10-9(8)6-7/h2-3,6H,4-5H2,1H3. The van der Waals surface area contributed by atoms with Crippen molar-refractivity contribution >= 4 is 11.8 Å². The van der Waals surface area contributed by atoms with Gasteiger partial charge in [-0.3, -0.25) is 0 Å². The summed E-state index contributed by atoms with van der Waals surface area (Å²) in [6.45, 7) is 2.15. The van der Waals surface area contributed by atoms with E-state index in [0.717, 1.165) is 0 Å². The van der Waals surface area contributed by atoms with Crippen molar-refractivity contribution in [1.82, 2.24) is 0 Å². The van der Waals surface area contributed by atoms with Crippen LogP contribution in [0.1, 0.15) is 11.1 Å². The third-order valence-electron chi connectivity index (χ3n) is 1.85. The lowest BCUT2D eigenvalue weighted by atomic mass is 10.1. The van der Waals surface area contributed by atoms with Crippen LogP contribution in [0.2, 0.25) is 0 Å². The summed E-state index contributed by atoms with van der Waals surface area (Å²) < 4.78 is 0. The van der Waals surface area contributed by atoms with Crippen molar-refractivity contribution in [2.45, 2.75) is 18.2 Å². The quantitative estimate of drug-likeness (QED) is 0.548. The molecule has 1 aliphatic rings. The average molecular weight is 150 g/mol. The maximum absolute atomic E-state index is 2.28. The van der Waals surface area contributed by atoms with E-state index in [9.17, 15) is 0 Å². The molecule has 0 atom stereocenters. The molecule has 0 bridgehead atoms. The molecule has 0 spiro atoms. The number of rotatable bonds is 0. The normalized spacial score (nSPS) is 15.3. The lowest BCUT2D eigenvalue weighted by Crippen LogP contribution is -1.79. The first-order chi connectivity index (χ1) is 4.86. The van der Waals surface area contributed by atoms with E-state index < -0.39 is 0 Å². The maximum Gasteiger partial charge on any atom is 0.0107 e. The lowest BCUT2D eigenvalue weighted by molar-refractivity contribution is 1.14. The Morgan fingerprint density at radius 2 is 2.30 bits per heavy atom. The molecule has 1 aromatic carbocycles. The van der Waals surface area contributed by atoms with Gasteiger partial charge in [-0.1, -0.05) is 17.7 Å². The summed E-state index contributed by atoms with van der Waals surface area (Å²) in [7, 11) is 0. The summed E-state index contributed by atoms with van der Waals surface area (Å²) in [4.78, 5) is 1.50. The summed E-state index contributed by atoms with van der Waals surface area (Å²) >= 11 is 1.98. The van der Waals surface area contributed by atoms with E-state index in [1.54, 1.807) is 0 Å². The Bertz CT molecular complexity index is 253. The Kier molecular flexibility index (Phi) is 1.46. The van der Waals surface area contributed by atoms with Crippen LogP contribution in [0.5, 0.6) is 0 Å². The zero-order valence-corrected chi connectivity index (χ0v) is 6.87. The Labute approximate surface area is 65.6 Å². The summed E-state index contributed by atoms with van der Waals surface area (Å²) in [6.07, 6.45) is 1.26. The lowest BCUT2D eigenvalue weighted by Gasteiger charge is -1.97. The van der Waals surface area contributed by atoms with Gasteiger partial charge in [0, 0.05) is 10.6 Å². The van der Waals surface area contributed by atoms with Crippen molar-refractivity contribution in [1.29, 1.82) is 0 Å². The number of aryl methyl sites for hydroxylation is 2. The molecule has 0 aliphatic carbocycles. The van der Waals surface area contributed by atoms with E-state index in [2.05, 4.69) is 25.1 Å². The second kappa shape index (κ2) is 2.31. The van der Waals surface area contributed by atoms with Crippen LogP contribution in [0, 0.1) is 6.92 Å². The molecule has 52 valence electrons. The smallest absolute Gasteiger partial charge is 0.0107 e. The van der Waals surface area contributed by atoms with Crippen molar-refractivity contribution in [3.63, 3.8) is 0 Å². The van der Waals surface area contributed by atoms with Gasteiger partial charge in [0.25, 0.3) is 0 Å². The summed E-state index contributed by atoms with van der Waals surface area (Å²) in [6, 6.07) is 6.74. The molecular weight excluding hydrogens is 140 g/mol. The fraction of sp³-hybridized carbons (Fsp3) is 0.333. The van der Waals surface area contributed by atoms with E-state index >= 15 is 0 Å². The molecule has 1 aliphatic heterocycles. The molecule has 0 radical (unpaired) electrons. The number of thioether (sulfide) groups is 1. The molecule has 2 rings (SSSR count). The molecule has 0 N–H and O–H groups in total. The van der Waals surface area contributed by atoms with Gasteiger partial charge in [0.2, 0.25) is 0 Å². The van der Waals surface area contributed by atoms with E-state index in [0.29, 0.717) is 0 Å². The van der Waals surface area contributed by atoms with E-state index in [-0.39, 0.29) is 0 Å². The van der Waals surface area contributed by atoms with Crippen molar-refractivity contribution < 1.29 is 0 Å². The second-order valence-corrected chi connectivity index (χ2v) is 3.85. The molecule has 0 aromatic heterocycles. The molecule has 10 heavy (non-hydrogen) atoms. The van der Waals surface area contributed by atoms with Gasteiger partial charge in [-0.25, -0.2) is 0 Å². The minimum atomic E-state index is 1.26. The zero-order valence-electron chi connectivity index (χ0n) is 6.05. The molecule has 1 aromatic rings. The van der Waals surface area contributed by atoms with Crippen molar-refractivity contribution in [2.75, 3.05) is 5.75 Å². The van der Waals surface area contributed by atoms with Gasteiger partial charge < -0.3 is 0 Å². The van der Waals surface area contributed by atoms with E-state index in [1.807, 2.05) is 11.8 Å². The van der Waals surface area contributed by atoms with Crippen LogP contribution < -0.4 is 0 Å². The first kappa shape index (κ1) is 6.29. The van der Waals surface area contributed by atoms with Crippen LogP contribution in [-0.4, -0.2) is 5.75 Å². The molecule has 1 heteroatoms. The average Bonchev–Trinajstić information content (AvgIpc) is 2.33. The van der Waals surface area contributed by atoms with Crippen LogP contribution in [0.15, 0.2) is 23.1 Å². The van der Waals surface area contributed by atoms with Crippen LogP contribution in [0.4, 0.5) is 0 Å².